The van der Waals surface area contributed by atoms with E-state index in [0.717, 1.165) is 17.4 Å². The van der Waals surface area contributed by atoms with Crippen LogP contribution in [0.5, 0.6) is 0 Å². The molecule has 15 heteroatoms. The Labute approximate surface area is 178 Å². The zero-order chi connectivity index (χ0) is 22.9. The number of hydrogen-bond donors (Lipinski definition) is 0. The van der Waals surface area contributed by atoms with Crippen molar-refractivity contribution in [1.82, 2.24) is 30.3 Å². The smallest absolute Gasteiger partial charge is 0.329 e. The molecule has 0 radical (unpaired) electrons. The SMILES string of the molecule is FC(F)(F)c1cnnc(N(Cc2ccc(-c3noc(C(F)(F)F)n3)s2)c2cncnc2)c1. The van der Waals surface area contributed by atoms with Gasteiger partial charge in [0.05, 0.1) is 41.3 Å². The first kappa shape index (κ1) is 21.6. The molecular weight excluding hydrogens is 464 g/mol. The second kappa shape index (κ2) is 8.14. The van der Waals surface area contributed by atoms with Crippen LogP contribution < -0.4 is 4.90 Å². The maximum absolute atomic E-state index is 13.1. The number of hydrogen-bond acceptors (Lipinski definition) is 9. The first-order valence-corrected chi connectivity index (χ1v) is 9.35. The van der Waals surface area contributed by atoms with Gasteiger partial charge in [-0.25, -0.2) is 9.97 Å². The second-order valence-corrected chi connectivity index (χ2v) is 7.34. The van der Waals surface area contributed by atoms with Gasteiger partial charge in [-0.15, -0.1) is 16.4 Å². The summed E-state index contributed by atoms with van der Waals surface area (Å²) in [5.41, 5.74) is -0.669. The fourth-order valence-corrected chi connectivity index (χ4v) is 3.48. The van der Waals surface area contributed by atoms with E-state index in [1.165, 1.54) is 29.7 Å². The summed E-state index contributed by atoms with van der Waals surface area (Å²) in [6.07, 6.45) is -4.82. The summed E-state index contributed by atoms with van der Waals surface area (Å²) in [4.78, 5) is 13.3. The Bertz CT molecular complexity index is 1210. The minimum Gasteiger partial charge on any atom is -0.329 e. The van der Waals surface area contributed by atoms with Gasteiger partial charge in [-0.3, -0.25) is 0 Å². The number of thiophene rings is 1. The van der Waals surface area contributed by atoms with Gasteiger partial charge < -0.3 is 9.42 Å². The highest BCUT2D eigenvalue weighted by Gasteiger charge is 2.38. The maximum Gasteiger partial charge on any atom is 0.471 e. The van der Waals surface area contributed by atoms with E-state index in [-0.39, 0.29) is 23.1 Å². The van der Waals surface area contributed by atoms with E-state index in [2.05, 4.69) is 34.8 Å². The Hall–Kier alpha value is -3.62. The van der Waals surface area contributed by atoms with E-state index in [0.29, 0.717) is 16.8 Å². The van der Waals surface area contributed by atoms with Gasteiger partial charge in [0, 0.05) is 4.88 Å². The summed E-state index contributed by atoms with van der Waals surface area (Å²) in [5.74, 6) is -1.87. The van der Waals surface area contributed by atoms with Crippen molar-refractivity contribution in [3.8, 4) is 10.7 Å². The molecule has 0 saturated heterocycles. The summed E-state index contributed by atoms with van der Waals surface area (Å²) in [5, 5.41) is 10.5. The van der Waals surface area contributed by atoms with Crippen LogP contribution in [0.1, 0.15) is 16.3 Å². The molecule has 4 aromatic heterocycles. The predicted molar refractivity (Wildman–Crippen MR) is 97.5 cm³/mol. The van der Waals surface area contributed by atoms with Crippen molar-refractivity contribution in [3.63, 3.8) is 0 Å². The van der Waals surface area contributed by atoms with Crippen LogP contribution in [0.4, 0.5) is 37.8 Å². The van der Waals surface area contributed by atoms with Gasteiger partial charge in [0.25, 0.3) is 0 Å². The fraction of sp³-hybridized carbons (Fsp3) is 0.176. The van der Waals surface area contributed by atoms with Crippen LogP contribution >= 0.6 is 11.3 Å². The van der Waals surface area contributed by atoms with E-state index in [1.807, 2.05) is 0 Å². The van der Waals surface area contributed by atoms with E-state index in [4.69, 9.17) is 0 Å². The Kier molecular flexibility index (Phi) is 5.50. The van der Waals surface area contributed by atoms with Gasteiger partial charge in [-0.2, -0.15) is 36.4 Å². The normalized spacial score (nSPS) is 12.2. The topological polar surface area (TPSA) is 93.7 Å². The first-order chi connectivity index (χ1) is 15.1. The van der Waals surface area contributed by atoms with Gasteiger partial charge in [0.15, 0.2) is 5.82 Å². The van der Waals surface area contributed by atoms with Crippen molar-refractivity contribution >= 4 is 22.8 Å². The van der Waals surface area contributed by atoms with Crippen molar-refractivity contribution in [1.29, 1.82) is 0 Å². The lowest BCUT2D eigenvalue weighted by Crippen LogP contribution is -2.19. The molecule has 0 bridgehead atoms. The van der Waals surface area contributed by atoms with Gasteiger partial charge in [0.2, 0.25) is 5.82 Å². The van der Waals surface area contributed by atoms with Crippen molar-refractivity contribution in [3.05, 3.63) is 59.4 Å². The van der Waals surface area contributed by atoms with Crippen LogP contribution in [-0.4, -0.2) is 30.3 Å². The molecule has 0 aliphatic rings. The van der Waals surface area contributed by atoms with Gasteiger partial charge >= 0.3 is 18.2 Å². The lowest BCUT2D eigenvalue weighted by Gasteiger charge is -2.22. The molecule has 0 aromatic carbocycles. The minimum atomic E-state index is -4.78. The molecule has 166 valence electrons. The molecular formula is C17H9F6N7OS. The fourth-order valence-electron chi connectivity index (χ4n) is 2.56. The number of aromatic nitrogens is 6. The van der Waals surface area contributed by atoms with Crippen LogP contribution in [0.15, 0.2) is 47.6 Å². The molecule has 0 unspecified atom stereocenters. The largest absolute Gasteiger partial charge is 0.471 e. The molecule has 0 spiro atoms. The van der Waals surface area contributed by atoms with Crippen molar-refractivity contribution in [2.45, 2.75) is 18.9 Å². The number of halogens is 6. The lowest BCUT2D eigenvalue weighted by atomic mass is 10.2. The summed E-state index contributed by atoms with van der Waals surface area (Å²) in [6.45, 7) is -0.00197. The Morgan fingerprint density at radius 3 is 2.38 bits per heavy atom. The molecule has 4 rings (SSSR count). The van der Waals surface area contributed by atoms with Crippen LogP contribution in [0, 0.1) is 0 Å². The van der Waals surface area contributed by atoms with Gasteiger partial charge in [-0.1, -0.05) is 5.16 Å². The molecule has 0 amide bonds. The summed E-state index contributed by atoms with van der Waals surface area (Å²) in [6, 6.07) is 3.87. The van der Waals surface area contributed by atoms with Crippen molar-refractivity contribution < 1.29 is 30.9 Å². The van der Waals surface area contributed by atoms with Gasteiger partial charge in [-0.05, 0) is 18.2 Å². The minimum absolute atomic E-state index is 0.00197. The predicted octanol–water partition coefficient (Wildman–Crippen LogP) is 4.75. The summed E-state index contributed by atoms with van der Waals surface area (Å²) < 4.78 is 81.6. The highest BCUT2D eigenvalue weighted by atomic mass is 32.1. The number of nitrogens with zero attached hydrogens (tertiary/aromatic N) is 7. The Morgan fingerprint density at radius 2 is 1.72 bits per heavy atom. The zero-order valence-corrected chi connectivity index (χ0v) is 16.3. The molecule has 0 fully saturated rings. The molecule has 4 aromatic rings. The molecule has 0 aliphatic heterocycles. The highest BCUT2D eigenvalue weighted by Crippen LogP contribution is 2.35. The standard InChI is InChI=1S/C17H9F6N7OS/c18-16(19,20)9-3-13(28-26-4-9)30(10-5-24-8-25-6-10)7-11-1-2-12(32-11)14-27-15(31-29-14)17(21,22)23/h1-6,8H,7H2. The van der Waals surface area contributed by atoms with Crippen molar-refractivity contribution in [2.75, 3.05) is 4.90 Å². The second-order valence-electron chi connectivity index (χ2n) is 6.17. The third-order valence-electron chi connectivity index (χ3n) is 3.97. The number of anilines is 2. The van der Waals surface area contributed by atoms with Crippen LogP contribution in [0.2, 0.25) is 0 Å². The molecule has 0 aliphatic carbocycles. The van der Waals surface area contributed by atoms with E-state index < -0.39 is 23.8 Å². The summed E-state index contributed by atoms with van der Waals surface area (Å²) in [7, 11) is 0. The molecule has 4 heterocycles. The van der Waals surface area contributed by atoms with Crippen LogP contribution in [0.25, 0.3) is 10.7 Å². The average Bonchev–Trinajstić information content (AvgIpc) is 3.41. The van der Waals surface area contributed by atoms with Crippen LogP contribution in [0.3, 0.4) is 0 Å². The summed E-state index contributed by atoms with van der Waals surface area (Å²) >= 11 is 1.03. The molecule has 32 heavy (non-hydrogen) atoms. The van der Waals surface area contributed by atoms with E-state index in [1.54, 1.807) is 6.07 Å². The first-order valence-electron chi connectivity index (χ1n) is 8.54. The number of rotatable bonds is 5. The third kappa shape index (κ3) is 4.66. The molecule has 0 saturated carbocycles. The monoisotopic (exact) mass is 473 g/mol. The van der Waals surface area contributed by atoms with Gasteiger partial charge in [0.1, 0.15) is 6.33 Å². The highest BCUT2D eigenvalue weighted by molar-refractivity contribution is 7.15. The third-order valence-corrected chi connectivity index (χ3v) is 5.03. The Morgan fingerprint density at radius 1 is 0.969 bits per heavy atom. The molecule has 8 nitrogen and oxygen atoms in total. The maximum atomic E-state index is 13.1. The average molecular weight is 473 g/mol. The Balaban J connectivity index is 1.66. The lowest BCUT2D eigenvalue weighted by molar-refractivity contribution is -0.159. The quantitative estimate of drug-likeness (QED) is 0.383. The zero-order valence-electron chi connectivity index (χ0n) is 15.5. The van der Waals surface area contributed by atoms with E-state index in [9.17, 15) is 26.3 Å². The van der Waals surface area contributed by atoms with Crippen LogP contribution in [-0.2, 0) is 18.9 Å². The van der Waals surface area contributed by atoms with Crippen molar-refractivity contribution in [2.24, 2.45) is 0 Å². The number of alkyl halides is 6. The van der Waals surface area contributed by atoms with E-state index >= 15 is 0 Å². The molecule has 0 atom stereocenters. The molecule has 0 N–H and O–H groups in total.